The topological polar surface area (TPSA) is 97.9 Å². The number of ether oxygens (including phenoxy) is 1. The first-order valence-corrected chi connectivity index (χ1v) is 5.87. The number of amides is 1. The van der Waals surface area contributed by atoms with Gasteiger partial charge in [-0.25, -0.2) is 0 Å². The Morgan fingerprint density at radius 3 is 2.60 bits per heavy atom. The molecule has 20 heavy (non-hydrogen) atoms. The van der Waals surface area contributed by atoms with Crippen LogP contribution in [0, 0.1) is 22.7 Å². The number of nitriles is 2. The molecule has 1 aromatic carbocycles. The van der Waals surface area contributed by atoms with Crippen molar-refractivity contribution in [2.75, 3.05) is 19.0 Å². The molecule has 6 heteroatoms. The summed E-state index contributed by atoms with van der Waals surface area (Å²) in [5, 5.41) is 22.6. The zero-order valence-electron chi connectivity index (χ0n) is 11.0. The Balaban J connectivity index is 2.63. The van der Waals surface area contributed by atoms with E-state index < -0.39 is 5.91 Å². The van der Waals surface area contributed by atoms with Gasteiger partial charge in [-0.2, -0.15) is 10.5 Å². The smallest absolute Gasteiger partial charge is 0.267 e. The Morgan fingerprint density at radius 2 is 2.05 bits per heavy atom. The highest BCUT2D eigenvalue weighted by atomic mass is 16.5. The second-order valence-corrected chi connectivity index (χ2v) is 3.71. The van der Waals surface area contributed by atoms with Crippen LogP contribution in [0.5, 0.6) is 5.75 Å². The summed E-state index contributed by atoms with van der Waals surface area (Å²) in [5.41, 5.74) is 0.507. The van der Waals surface area contributed by atoms with E-state index in [0.29, 0.717) is 24.4 Å². The molecule has 0 bridgehead atoms. The SMILES string of the molecule is COc1ccc(NC(=O)/C(C#N)=C\NCCC#N)cc1. The number of methoxy groups -OCH3 is 1. The van der Waals surface area contributed by atoms with Crippen LogP contribution in [0.3, 0.4) is 0 Å². The maximum absolute atomic E-state index is 11.8. The van der Waals surface area contributed by atoms with E-state index in [1.54, 1.807) is 37.4 Å². The normalized spacial score (nSPS) is 10.1. The molecule has 0 aliphatic heterocycles. The molecule has 1 amide bonds. The van der Waals surface area contributed by atoms with Crippen molar-refractivity contribution in [1.82, 2.24) is 5.32 Å². The Bertz CT molecular complexity index is 564. The average molecular weight is 270 g/mol. The zero-order chi connectivity index (χ0) is 14.8. The summed E-state index contributed by atoms with van der Waals surface area (Å²) >= 11 is 0. The van der Waals surface area contributed by atoms with Gasteiger partial charge in [0, 0.05) is 18.4 Å². The van der Waals surface area contributed by atoms with E-state index in [4.69, 9.17) is 15.3 Å². The van der Waals surface area contributed by atoms with Crippen LogP contribution in [0.25, 0.3) is 0 Å². The standard InChI is InChI=1S/C14H14N4O2/c1-20-13-5-3-12(4-6-13)18-14(19)11(9-16)10-17-8-2-7-15/h3-6,10,17H,2,8H2,1H3,(H,18,19)/b11-10-. The van der Waals surface area contributed by atoms with Gasteiger partial charge < -0.3 is 15.4 Å². The number of rotatable bonds is 6. The van der Waals surface area contributed by atoms with E-state index in [9.17, 15) is 4.79 Å². The largest absolute Gasteiger partial charge is 0.497 e. The Hall–Kier alpha value is -2.99. The second kappa shape index (κ2) is 8.17. The maximum atomic E-state index is 11.8. The van der Waals surface area contributed by atoms with E-state index in [1.165, 1.54) is 6.20 Å². The Morgan fingerprint density at radius 1 is 1.35 bits per heavy atom. The summed E-state index contributed by atoms with van der Waals surface area (Å²) in [7, 11) is 1.55. The van der Waals surface area contributed by atoms with Gasteiger partial charge in [-0.3, -0.25) is 4.79 Å². The van der Waals surface area contributed by atoms with Crippen molar-refractivity contribution >= 4 is 11.6 Å². The van der Waals surface area contributed by atoms with Crippen LogP contribution in [0.1, 0.15) is 6.42 Å². The molecule has 0 heterocycles. The van der Waals surface area contributed by atoms with Crippen molar-refractivity contribution in [3.8, 4) is 17.9 Å². The third kappa shape index (κ3) is 4.71. The fraction of sp³-hybridized carbons (Fsp3) is 0.214. The molecule has 1 aromatic rings. The van der Waals surface area contributed by atoms with Crippen LogP contribution in [-0.2, 0) is 4.79 Å². The van der Waals surface area contributed by atoms with Crippen molar-refractivity contribution in [2.24, 2.45) is 0 Å². The van der Waals surface area contributed by atoms with Gasteiger partial charge in [0.1, 0.15) is 17.4 Å². The van der Waals surface area contributed by atoms with E-state index in [0.717, 1.165) is 0 Å². The lowest BCUT2D eigenvalue weighted by molar-refractivity contribution is -0.112. The van der Waals surface area contributed by atoms with Crippen molar-refractivity contribution in [2.45, 2.75) is 6.42 Å². The lowest BCUT2D eigenvalue weighted by atomic mass is 10.2. The monoisotopic (exact) mass is 270 g/mol. The Kier molecular flexibility index (Phi) is 6.16. The van der Waals surface area contributed by atoms with E-state index >= 15 is 0 Å². The molecule has 0 aromatic heterocycles. The molecule has 0 aliphatic carbocycles. The number of hydrogen-bond donors (Lipinski definition) is 2. The minimum Gasteiger partial charge on any atom is -0.497 e. The zero-order valence-corrected chi connectivity index (χ0v) is 11.0. The highest BCUT2D eigenvalue weighted by Crippen LogP contribution is 2.15. The van der Waals surface area contributed by atoms with Crippen LogP contribution >= 0.6 is 0 Å². The highest BCUT2D eigenvalue weighted by molar-refractivity contribution is 6.06. The average Bonchev–Trinajstić information content (AvgIpc) is 2.48. The van der Waals surface area contributed by atoms with E-state index in [2.05, 4.69) is 10.6 Å². The molecule has 0 fully saturated rings. The van der Waals surface area contributed by atoms with Gasteiger partial charge in [0.2, 0.25) is 0 Å². The minimum atomic E-state index is -0.512. The van der Waals surface area contributed by atoms with Crippen molar-refractivity contribution in [1.29, 1.82) is 10.5 Å². The summed E-state index contributed by atoms with van der Waals surface area (Å²) in [4.78, 5) is 11.8. The third-order valence-electron chi connectivity index (χ3n) is 2.34. The van der Waals surface area contributed by atoms with Crippen molar-refractivity contribution < 1.29 is 9.53 Å². The van der Waals surface area contributed by atoms with Gasteiger partial charge in [0.05, 0.1) is 19.6 Å². The first-order chi connectivity index (χ1) is 9.71. The molecule has 0 unspecified atom stereocenters. The number of nitrogens with zero attached hydrogens (tertiary/aromatic N) is 2. The molecule has 0 radical (unpaired) electrons. The molecule has 0 saturated carbocycles. The number of benzene rings is 1. The van der Waals surface area contributed by atoms with Gasteiger partial charge in [-0.05, 0) is 24.3 Å². The van der Waals surface area contributed by atoms with Crippen LogP contribution in [0.2, 0.25) is 0 Å². The lowest BCUT2D eigenvalue weighted by Gasteiger charge is -2.05. The molecular formula is C14H14N4O2. The highest BCUT2D eigenvalue weighted by Gasteiger charge is 2.08. The molecule has 6 nitrogen and oxygen atoms in total. The summed E-state index contributed by atoms with van der Waals surface area (Å²) < 4.78 is 5.01. The van der Waals surface area contributed by atoms with Gasteiger partial charge in [0.15, 0.2) is 0 Å². The number of carbonyl (C=O) groups excluding carboxylic acids is 1. The molecule has 102 valence electrons. The predicted octanol–water partition coefficient (Wildman–Crippen LogP) is 1.54. The summed E-state index contributed by atoms with van der Waals surface area (Å²) in [6.45, 7) is 0.386. The number of anilines is 1. The van der Waals surface area contributed by atoms with Gasteiger partial charge in [-0.15, -0.1) is 0 Å². The molecule has 0 atom stereocenters. The quantitative estimate of drug-likeness (QED) is 0.464. The molecule has 0 aliphatic rings. The van der Waals surface area contributed by atoms with Crippen molar-refractivity contribution in [3.05, 3.63) is 36.0 Å². The lowest BCUT2D eigenvalue weighted by Crippen LogP contribution is -2.17. The molecule has 1 rings (SSSR count). The van der Waals surface area contributed by atoms with Crippen LogP contribution < -0.4 is 15.4 Å². The van der Waals surface area contributed by atoms with E-state index in [-0.39, 0.29) is 5.57 Å². The van der Waals surface area contributed by atoms with Crippen LogP contribution in [0.4, 0.5) is 5.69 Å². The first-order valence-electron chi connectivity index (χ1n) is 5.87. The fourth-order valence-electron chi connectivity index (χ4n) is 1.32. The minimum absolute atomic E-state index is 0.0567. The molecule has 2 N–H and O–H groups in total. The third-order valence-corrected chi connectivity index (χ3v) is 2.34. The molecular weight excluding hydrogens is 256 g/mol. The predicted molar refractivity (Wildman–Crippen MR) is 73.6 cm³/mol. The Labute approximate surface area is 117 Å². The second-order valence-electron chi connectivity index (χ2n) is 3.71. The van der Waals surface area contributed by atoms with Crippen LogP contribution in [-0.4, -0.2) is 19.6 Å². The summed E-state index contributed by atoms with van der Waals surface area (Å²) in [5.74, 6) is 0.166. The number of carbonyl (C=O) groups is 1. The van der Waals surface area contributed by atoms with E-state index in [1.807, 2.05) is 6.07 Å². The summed E-state index contributed by atoms with van der Waals surface area (Å²) in [6.07, 6.45) is 1.60. The van der Waals surface area contributed by atoms with Crippen molar-refractivity contribution in [3.63, 3.8) is 0 Å². The fourth-order valence-corrected chi connectivity index (χ4v) is 1.32. The van der Waals surface area contributed by atoms with Gasteiger partial charge >= 0.3 is 0 Å². The number of hydrogen-bond acceptors (Lipinski definition) is 5. The number of nitrogens with one attached hydrogen (secondary N) is 2. The maximum Gasteiger partial charge on any atom is 0.267 e. The molecule has 0 spiro atoms. The van der Waals surface area contributed by atoms with Gasteiger partial charge in [0.25, 0.3) is 5.91 Å². The van der Waals surface area contributed by atoms with Gasteiger partial charge in [-0.1, -0.05) is 0 Å². The first kappa shape index (κ1) is 15.1. The van der Waals surface area contributed by atoms with Crippen LogP contribution in [0.15, 0.2) is 36.0 Å². The summed E-state index contributed by atoms with van der Waals surface area (Å²) in [6, 6.07) is 10.5. The molecule has 0 saturated heterocycles.